The van der Waals surface area contributed by atoms with Gasteiger partial charge in [0.1, 0.15) is 11.8 Å². The third kappa shape index (κ3) is 2.47. The van der Waals surface area contributed by atoms with Crippen molar-refractivity contribution in [2.24, 2.45) is 7.05 Å². The first kappa shape index (κ1) is 15.9. The fraction of sp³-hybridized carbons (Fsp3) is 0.167. The van der Waals surface area contributed by atoms with Crippen LogP contribution in [0.25, 0.3) is 11.2 Å². The van der Waals surface area contributed by atoms with Crippen LogP contribution in [0.2, 0.25) is 0 Å². The zero-order valence-electron chi connectivity index (χ0n) is 7.11. The van der Waals surface area contributed by atoms with Crippen LogP contribution >= 0.6 is 0 Å². The van der Waals surface area contributed by atoms with Crippen LogP contribution in [0.3, 0.4) is 0 Å². The summed E-state index contributed by atoms with van der Waals surface area (Å²) in [6.07, 6.45) is 3.09. The van der Waals surface area contributed by atoms with Crippen molar-refractivity contribution in [1.29, 1.82) is 0 Å². The van der Waals surface area contributed by atoms with Crippen molar-refractivity contribution >= 4 is 17.0 Å². The van der Waals surface area contributed by atoms with Gasteiger partial charge in [-0.25, -0.2) is 15.0 Å². The minimum absolute atomic E-state index is 0. The molecular weight excluding hydrogens is 272 g/mol. The number of nitrogens with two attached hydrogens (primary N) is 1. The molecule has 0 aromatic carbocycles. The van der Waals surface area contributed by atoms with Gasteiger partial charge in [-0.05, 0) is 0 Å². The monoisotopic (exact) mass is 278 g/mol. The quantitative estimate of drug-likeness (QED) is 0.521. The topological polar surface area (TPSA) is 69.6 Å². The molecule has 2 aromatic heterocycles. The van der Waals surface area contributed by atoms with Gasteiger partial charge in [0, 0.05) is 7.05 Å². The zero-order valence-corrected chi connectivity index (χ0v) is 9.66. The summed E-state index contributed by atoms with van der Waals surface area (Å²) in [7, 11) is 1.86. The Labute approximate surface area is 104 Å². The molecule has 0 bridgehead atoms. The van der Waals surface area contributed by atoms with Crippen molar-refractivity contribution in [3.63, 3.8) is 0 Å². The molecule has 1 radical (unpaired) electrons. The van der Waals surface area contributed by atoms with Crippen LogP contribution in [0.1, 0.15) is 0 Å². The number of hydrogen-bond acceptors (Lipinski definition) is 4. The first-order valence-electron chi connectivity index (χ1n) is 3.16. The average Bonchev–Trinajstić information content (AvgIpc) is 2.35. The molecule has 79 valence electrons. The summed E-state index contributed by atoms with van der Waals surface area (Å²) in [6.45, 7) is 0. The molecule has 2 aromatic rings. The van der Waals surface area contributed by atoms with Crippen molar-refractivity contribution < 1.29 is 41.6 Å². The molecule has 2 heterocycles. The second-order valence-corrected chi connectivity index (χ2v) is 2.29. The number of nitrogen functional groups attached to an aromatic ring is 1. The molecule has 0 unspecified atom stereocenters. The van der Waals surface area contributed by atoms with Gasteiger partial charge < -0.3 is 35.1 Å². The van der Waals surface area contributed by atoms with Crippen molar-refractivity contribution in [3.8, 4) is 0 Å². The van der Waals surface area contributed by atoms with Gasteiger partial charge in [0.05, 0.1) is 6.33 Å². The Balaban J connectivity index is 0. The molecule has 0 saturated carbocycles. The third-order valence-electron chi connectivity index (χ3n) is 1.53. The summed E-state index contributed by atoms with van der Waals surface area (Å²) in [5.74, 6) is 0.426. The Morgan fingerprint density at radius 1 is 1.21 bits per heavy atom. The van der Waals surface area contributed by atoms with Gasteiger partial charge in [-0.3, -0.25) is 0 Å². The number of fused-ring (bicyclic) bond motifs is 1. The number of hydrogen-bond donors (Lipinski definition) is 1. The molecule has 0 aliphatic heterocycles. The number of halogens is 2. The number of nitrogens with zero attached hydrogens (tertiary/aromatic N) is 4. The summed E-state index contributed by atoms with van der Waals surface area (Å²) in [5.41, 5.74) is 6.97. The molecule has 5 nitrogen and oxygen atoms in total. The van der Waals surface area contributed by atoms with Crippen LogP contribution in [0.15, 0.2) is 12.7 Å². The maximum absolute atomic E-state index is 5.54. The molecule has 2 N–H and O–H groups in total. The van der Waals surface area contributed by atoms with E-state index in [1.54, 1.807) is 10.9 Å². The molecule has 0 saturated heterocycles. The molecule has 0 aliphatic carbocycles. The van der Waals surface area contributed by atoms with Gasteiger partial charge in [0.2, 0.25) is 0 Å². The Morgan fingerprint density at radius 2 is 1.86 bits per heavy atom. The van der Waals surface area contributed by atoms with Crippen molar-refractivity contribution in [3.05, 3.63) is 12.7 Å². The maximum Gasteiger partial charge on any atom is 2.00 e. The van der Waals surface area contributed by atoms with Crippen molar-refractivity contribution in [1.82, 2.24) is 19.5 Å². The first-order valence-corrected chi connectivity index (χ1v) is 3.16. The SMILES string of the molecule is Cn1cnc2c(N)ncnc21.[Cl-].[Cl-].[Co+2]. The molecular formula is C6H7Cl2CoN5. The molecule has 2 rings (SSSR count). The van der Waals surface area contributed by atoms with Crippen LogP contribution in [-0.2, 0) is 23.8 Å². The van der Waals surface area contributed by atoms with E-state index in [0.717, 1.165) is 5.65 Å². The molecule has 8 heteroatoms. The molecule has 0 spiro atoms. The van der Waals surface area contributed by atoms with Gasteiger partial charge in [-0.1, -0.05) is 0 Å². The van der Waals surface area contributed by atoms with E-state index in [-0.39, 0.29) is 41.6 Å². The summed E-state index contributed by atoms with van der Waals surface area (Å²) < 4.78 is 1.80. The van der Waals surface area contributed by atoms with Crippen LogP contribution in [0, 0.1) is 0 Å². The molecule has 0 atom stereocenters. The van der Waals surface area contributed by atoms with Gasteiger partial charge in [0.15, 0.2) is 11.5 Å². The van der Waals surface area contributed by atoms with E-state index in [1.807, 2.05) is 7.05 Å². The predicted octanol–water partition coefficient (Wildman–Crippen LogP) is -6.05. The van der Waals surface area contributed by atoms with Gasteiger partial charge in [-0.2, -0.15) is 0 Å². The molecule has 0 aliphatic rings. The summed E-state index contributed by atoms with van der Waals surface area (Å²) in [5, 5.41) is 0. The average molecular weight is 279 g/mol. The first-order chi connectivity index (χ1) is 5.29. The fourth-order valence-electron chi connectivity index (χ4n) is 0.964. The molecule has 0 amide bonds. The number of anilines is 1. The van der Waals surface area contributed by atoms with E-state index in [9.17, 15) is 0 Å². The summed E-state index contributed by atoms with van der Waals surface area (Å²) >= 11 is 0. The van der Waals surface area contributed by atoms with E-state index in [0.29, 0.717) is 11.3 Å². The predicted molar refractivity (Wildman–Crippen MR) is 40.7 cm³/mol. The van der Waals surface area contributed by atoms with Crippen molar-refractivity contribution in [2.75, 3.05) is 5.73 Å². The van der Waals surface area contributed by atoms with Crippen molar-refractivity contribution in [2.45, 2.75) is 0 Å². The van der Waals surface area contributed by atoms with Crippen LogP contribution in [-0.4, -0.2) is 19.5 Å². The van der Waals surface area contributed by atoms with Crippen LogP contribution in [0.5, 0.6) is 0 Å². The number of aryl methyl sites for hydroxylation is 1. The minimum atomic E-state index is 0. The van der Waals surface area contributed by atoms with Gasteiger partial charge >= 0.3 is 16.8 Å². The van der Waals surface area contributed by atoms with Gasteiger partial charge in [-0.15, -0.1) is 0 Å². The Kier molecular flexibility index (Phi) is 6.83. The van der Waals surface area contributed by atoms with E-state index >= 15 is 0 Å². The third-order valence-corrected chi connectivity index (χ3v) is 1.53. The standard InChI is InChI=1S/C6H7N5.2ClH.Co/c1-11-3-10-4-5(7)8-2-9-6(4)11;;;/h2-3H,1H3,(H2,7,8,9);2*1H;/q;;;+2/p-2. The zero-order chi connectivity index (χ0) is 7.84. The van der Waals surface area contributed by atoms with Crippen LogP contribution in [0.4, 0.5) is 5.82 Å². The van der Waals surface area contributed by atoms with E-state index in [4.69, 9.17) is 5.73 Å². The van der Waals surface area contributed by atoms with Gasteiger partial charge in [0.25, 0.3) is 0 Å². The second-order valence-electron chi connectivity index (χ2n) is 2.29. The molecule has 14 heavy (non-hydrogen) atoms. The van der Waals surface area contributed by atoms with E-state index in [1.165, 1.54) is 6.33 Å². The summed E-state index contributed by atoms with van der Waals surface area (Å²) in [6, 6.07) is 0. The molecule has 0 fully saturated rings. The van der Waals surface area contributed by atoms with E-state index < -0.39 is 0 Å². The Morgan fingerprint density at radius 3 is 2.43 bits per heavy atom. The normalized spacial score (nSPS) is 8.36. The second kappa shape index (κ2) is 6.02. The number of aromatic nitrogens is 4. The fourth-order valence-corrected chi connectivity index (χ4v) is 0.964. The van der Waals surface area contributed by atoms with E-state index in [2.05, 4.69) is 15.0 Å². The minimum Gasteiger partial charge on any atom is -1.00 e. The largest absolute Gasteiger partial charge is 2.00 e. The number of imidazole rings is 1. The Bertz CT molecular complexity index is 404. The van der Waals surface area contributed by atoms with Crippen LogP contribution < -0.4 is 30.5 Å². The maximum atomic E-state index is 5.54. The number of rotatable bonds is 0. The smallest absolute Gasteiger partial charge is 1.00 e. The summed E-state index contributed by atoms with van der Waals surface area (Å²) in [4.78, 5) is 11.9. The Hall–Kier alpha value is -0.564.